The maximum absolute atomic E-state index is 6.22. The van der Waals surface area contributed by atoms with Gasteiger partial charge in [0.1, 0.15) is 5.82 Å². The Labute approximate surface area is 119 Å². The van der Waals surface area contributed by atoms with E-state index in [1.165, 1.54) is 12.8 Å². The van der Waals surface area contributed by atoms with Crippen molar-refractivity contribution < 1.29 is 4.74 Å². The minimum Gasteiger partial charge on any atom is -0.375 e. The lowest BCUT2D eigenvalue weighted by Crippen LogP contribution is -2.41. The van der Waals surface area contributed by atoms with E-state index in [4.69, 9.17) is 21.3 Å². The molecule has 2 aliphatic rings. The summed E-state index contributed by atoms with van der Waals surface area (Å²) in [4.78, 5) is 6.98. The van der Waals surface area contributed by atoms with Gasteiger partial charge in [0.25, 0.3) is 0 Å². The second-order valence-corrected chi connectivity index (χ2v) is 5.79. The van der Waals surface area contributed by atoms with E-state index in [-0.39, 0.29) is 6.10 Å². The van der Waals surface area contributed by atoms with Gasteiger partial charge in [0.2, 0.25) is 0 Å². The molecule has 1 N–H and O–H groups in total. The van der Waals surface area contributed by atoms with Gasteiger partial charge in [-0.25, -0.2) is 4.98 Å². The van der Waals surface area contributed by atoms with Crippen LogP contribution >= 0.6 is 11.6 Å². The van der Waals surface area contributed by atoms with Gasteiger partial charge in [0.15, 0.2) is 0 Å². The Kier molecular flexibility index (Phi) is 3.91. The molecular formula is C14H20ClN3O. The fraction of sp³-hybridized carbons (Fsp3) is 0.643. The lowest BCUT2D eigenvalue weighted by atomic mass is 10.2. The second kappa shape index (κ2) is 5.65. The van der Waals surface area contributed by atoms with Crippen LogP contribution in [0.15, 0.2) is 12.1 Å². The van der Waals surface area contributed by atoms with Crippen LogP contribution in [0.25, 0.3) is 0 Å². The molecule has 2 heterocycles. The minimum absolute atomic E-state index is 0.263. The number of pyridine rings is 1. The summed E-state index contributed by atoms with van der Waals surface area (Å²) in [6.07, 6.45) is 2.82. The largest absolute Gasteiger partial charge is 0.375 e. The summed E-state index contributed by atoms with van der Waals surface area (Å²) in [5.74, 6) is 1.01. The predicted octanol–water partition coefficient (Wildman–Crippen LogP) is 2.21. The molecule has 1 aliphatic carbocycles. The number of morpholine rings is 1. The molecule has 1 saturated carbocycles. The Bertz CT molecular complexity index is 450. The number of rotatable bonds is 4. The van der Waals surface area contributed by atoms with Gasteiger partial charge in [-0.15, -0.1) is 0 Å². The maximum atomic E-state index is 6.22. The standard InChI is InChI=1S/C14H20ClN3O/c1-10-9-18(6-7-19-10)14-5-4-12(15)13(17-14)8-16-11-2-3-11/h4-5,10-11,16H,2-3,6-9H2,1H3. The predicted molar refractivity (Wildman–Crippen MR) is 76.7 cm³/mol. The highest BCUT2D eigenvalue weighted by atomic mass is 35.5. The Morgan fingerprint density at radius 1 is 1.47 bits per heavy atom. The van der Waals surface area contributed by atoms with Crippen molar-refractivity contribution in [1.29, 1.82) is 0 Å². The third kappa shape index (κ3) is 3.38. The normalized spacial score (nSPS) is 23.7. The smallest absolute Gasteiger partial charge is 0.129 e. The third-order valence-electron chi connectivity index (χ3n) is 3.60. The van der Waals surface area contributed by atoms with Crippen LogP contribution in [0.2, 0.25) is 5.02 Å². The number of nitrogens with zero attached hydrogens (tertiary/aromatic N) is 2. The van der Waals surface area contributed by atoms with Crippen molar-refractivity contribution in [1.82, 2.24) is 10.3 Å². The first kappa shape index (κ1) is 13.2. The van der Waals surface area contributed by atoms with Gasteiger partial charge >= 0.3 is 0 Å². The molecule has 0 aromatic carbocycles. The summed E-state index contributed by atoms with van der Waals surface area (Å²) in [7, 11) is 0. The number of hydrogen-bond acceptors (Lipinski definition) is 4. The number of aromatic nitrogens is 1. The average Bonchev–Trinajstić information content (AvgIpc) is 3.22. The molecule has 0 amide bonds. The average molecular weight is 282 g/mol. The van der Waals surface area contributed by atoms with E-state index in [9.17, 15) is 0 Å². The first-order valence-electron chi connectivity index (χ1n) is 6.98. The Hall–Kier alpha value is -0.840. The first-order valence-corrected chi connectivity index (χ1v) is 7.35. The summed E-state index contributed by atoms with van der Waals surface area (Å²) in [5, 5.41) is 4.21. The molecule has 1 atom stereocenters. The van der Waals surface area contributed by atoms with Crippen LogP contribution in [0.4, 0.5) is 5.82 Å². The van der Waals surface area contributed by atoms with Crippen molar-refractivity contribution in [2.75, 3.05) is 24.6 Å². The maximum Gasteiger partial charge on any atom is 0.129 e. The molecule has 1 aliphatic heterocycles. The lowest BCUT2D eigenvalue weighted by molar-refractivity contribution is 0.0529. The van der Waals surface area contributed by atoms with Gasteiger partial charge in [-0.05, 0) is 31.9 Å². The number of anilines is 1. The van der Waals surface area contributed by atoms with E-state index in [1.54, 1.807) is 0 Å². The molecule has 2 fully saturated rings. The van der Waals surface area contributed by atoms with Gasteiger partial charge in [0.05, 0.1) is 23.4 Å². The van der Waals surface area contributed by atoms with Crippen molar-refractivity contribution >= 4 is 17.4 Å². The molecule has 0 spiro atoms. The van der Waals surface area contributed by atoms with Crippen LogP contribution in [0.3, 0.4) is 0 Å². The fourth-order valence-electron chi connectivity index (χ4n) is 2.33. The minimum atomic E-state index is 0.263. The summed E-state index contributed by atoms with van der Waals surface area (Å²) >= 11 is 6.22. The zero-order chi connectivity index (χ0) is 13.2. The molecule has 104 valence electrons. The highest BCUT2D eigenvalue weighted by Crippen LogP contribution is 2.23. The Morgan fingerprint density at radius 2 is 2.32 bits per heavy atom. The Morgan fingerprint density at radius 3 is 3.05 bits per heavy atom. The van der Waals surface area contributed by atoms with Gasteiger partial charge in [-0.1, -0.05) is 11.6 Å². The Balaban J connectivity index is 1.71. The van der Waals surface area contributed by atoms with E-state index < -0.39 is 0 Å². The van der Waals surface area contributed by atoms with E-state index in [0.29, 0.717) is 6.04 Å². The summed E-state index contributed by atoms with van der Waals surface area (Å²) in [6, 6.07) is 4.62. The van der Waals surface area contributed by atoms with Crippen LogP contribution in [0, 0.1) is 0 Å². The van der Waals surface area contributed by atoms with E-state index in [0.717, 1.165) is 42.8 Å². The van der Waals surface area contributed by atoms with Crippen LogP contribution in [-0.4, -0.2) is 36.8 Å². The molecule has 1 aromatic heterocycles. The van der Waals surface area contributed by atoms with Gasteiger partial charge in [-0.3, -0.25) is 0 Å². The molecule has 3 rings (SSSR count). The number of nitrogens with one attached hydrogen (secondary N) is 1. The third-order valence-corrected chi connectivity index (χ3v) is 3.95. The zero-order valence-electron chi connectivity index (χ0n) is 11.2. The molecule has 0 bridgehead atoms. The highest BCUT2D eigenvalue weighted by molar-refractivity contribution is 6.31. The van der Waals surface area contributed by atoms with Crippen molar-refractivity contribution in [3.63, 3.8) is 0 Å². The van der Waals surface area contributed by atoms with Crippen LogP contribution in [0.1, 0.15) is 25.5 Å². The molecule has 1 unspecified atom stereocenters. The summed E-state index contributed by atoms with van der Waals surface area (Å²) in [6.45, 7) is 5.41. The van der Waals surface area contributed by atoms with Gasteiger partial charge in [0, 0.05) is 25.7 Å². The van der Waals surface area contributed by atoms with E-state index in [1.807, 2.05) is 12.1 Å². The molecule has 19 heavy (non-hydrogen) atoms. The lowest BCUT2D eigenvalue weighted by Gasteiger charge is -2.32. The molecule has 0 radical (unpaired) electrons. The van der Waals surface area contributed by atoms with Gasteiger partial charge < -0.3 is 15.0 Å². The number of hydrogen-bond donors (Lipinski definition) is 1. The molecule has 1 aromatic rings. The summed E-state index contributed by atoms with van der Waals surface area (Å²) in [5.41, 5.74) is 0.949. The second-order valence-electron chi connectivity index (χ2n) is 5.38. The topological polar surface area (TPSA) is 37.4 Å². The van der Waals surface area contributed by atoms with Crippen molar-refractivity contribution in [2.45, 2.75) is 38.5 Å². The SMILES string of the molecule is CC1CN(c2ccc(Cl)c(CNC3CC3)n2)CCO1. The molecular weight excluding hydrogens is 262 g/mol. The van der Waals surface area contributed by atoms with Crippen molar-refractivity contribution in [3.05, 3.63) is 22.8 Å². The van der Waals surface area contributed by atoms with Crippen LogP contribution in [0.5, 0.6) is 0 Å². The van der Waals surface area contributed by atoms with Crippen molar-refractivity contribution in [2.24, 2.45) is 0 Å². The van der Waals surface area contributed by atoms with Crippen molar-refractivity contribution in [3.8, 4) is 0 Å². The molecule has 1 saturated heterocycles. The first-order chi connectivity index (χ1) is 9.22. The van der Waals surface area contributed by atoms with E-state index >= 15 is 0 Å². The summed E-state index contributed by atoms with van der Waals surface area (Å²) < 4.78 is 5.56. The molecule has 5 heteroatoms. The quantitative estimate of drug-likeness (QED) is 0.918. The van der Waals surface area contributed by atoms with E-state index in [2.05, 4.69) is 17.1 Å². The monoisotopic (exact) mass is 281 g/mol. The molecule has 4 nitrogen and oxygen atoms in total. The van der Waals surface area contributed by atoms with Gasteiger partial charge in [-0.2, -0.15) is 0 Å². The van der Waals surface area contributed by atoms with Crippen LogP contribution in [-0.2, 0) is 11.3 Å². The van der Waals surface area contributed by atoms with Crippen LogP contribution < -0.4 is 10.2 Å². The highest BCUT2D eigenvalue weighted by Gasteiger charge is 2.22. The zero-order valence-corrected chi connectivity index (χ0v) is 12.0. The number of ether oxygens (including phenoxy) is 1. The fourth-order valence-corrected chi connectivity index (χ4v) is 2.50. The number of halogens is 1.